The average Bonchev–Trinajstić information content (AvgIpc) is 3.17. The van der Waals surface area contributed by atoms with E-state index in [0.29, 0.717) is 30.0 Å². The molecule has 0 unspecified atom stereocenters. The minimum atomic E-state index is -0.602. The summed E-state index contributed by atoms with van der Waals surface area (Å²) in [5, 5.41) is 2.77. The average molecular weight is 339 g/mol. The lowest BCUT2D eigenvalue weighted by molar-refractivity contribution is 0.0429. The number of amides is 1. The number of hydrogen-bond donors (Lipinski definition) is 1. The summed E-state index contributed by atoms with van der Waals surface area (Å²) in [4.78, 5) is 28.6. The third kappa shape index (κ3) is 2.88. The minimum absolute atomic E-state index is 0.0392. The molecule has 0 fully saturated rings. The molecule has 7 heteroatoms. The first-order valence-electron chi connectivity index (χ1n) is 8.13. The molecule has 3 aromatic heterocycles. The van der Waals surface area contributed by atoms with Gasteiger partial charge in [-0.3, -0.25) is 4.79 Å². The van der Waals surface area contributed by atoms with Gasteiger partial charge in [-0.05, 0) is 25.5 Å². The maximum atomic E-state index is 12.2. The Morgan fingerprint density at radius 3 is 3.16 bits per heavy atom. The number of fused-ring (bicyclic) bond motifs is 2. The van der Waals surface area contributed by atoms with Crippen LogP contribution in [0.1, 0.15) is 44.5 Å². The summed E-state index contributed by atoms with van der Waals surface area (Å²) < 4.78 is 12.7. The maximum Gasteiger partial charge on any atom is 0.374 e. The number of pyridine rings is 1. The SMILES string of the molecule is Cc1cccc2nc(COC(=O)c3cc4c(o3)CCCNC4=O)cn12. The number of furan rings is 1. The molecule has 25 heavy (non-hydrogen) atoms. The van der Waals surface area contributed by atoms with Gasteiger partial charge in [-0.1, -0.05) is 6.07 Å². The predicted molar refractivity (Wildman–Crippen MR) is 88.4 cm³/mol. The zero-order chi connectivity index (χ0) is 17.4. The Bertz CT molecular complexity index is 970. The van der Waals surface area contributed by atoms with Crippen LogP contribution in [0, 0.1) is 6.92 Å². The number of imidazole rings is 1. The molecule has 0 spiro atoms. The van der Waals surface area contributed by atoms with Gasteiger partial charge >= 0.3 is 5.97 Å². The van der Waals surface area contributed by atoms with Gasteiger partial charge in [0.15, 0.2) is 0 Å². The first-order chi connectivity index (χ1) is 12.1. The lowest BCUT2D eigenvalue weighted by Crippen LogP contribution is -2.22. The van der Waals surface area contributed by atoms with Crippen molar-refractivity contribution in [3.05, 3.63) is 58.9 Å². The molecule has 0 atom stereocenters. The number of nitrogens with zero attached hydrogens (tertiary/aromatic N) is 2. The number of aromatic nitrogens is 2. The number of esters is 1. The van der Waals surface area contributed by atoms with Crippen LogP contribution in [0.3, 0.4) is 0 Å². The molecule has 1 aliphatic rings. The van der Waals surface area contributed by atoms with E-state index in [1.165, 1.54) is 6.07 Å². The lowest BCUT2D eigenvalue weighted by Gasteiger charge is -2.00. The number of hydrogen-bond acceptors (Lipinski definition) is 5. The first kappa shape index (κ1) is 15.4. The van der Waals surface area contributed by atoms with Crippen molar-refractivity contribution in [2.45, 2.75) is 26.4 Å². The Morgan fingerprint density at radius 2 is 2.32 bits per heavy atom. The monoisotopic (exact) mass is 339 g/mol. The van der Waals surface area contributed by atoms with Crippen molar-refractivity contribution in [1.29, 1.82) is 0 Å². The Balaban J connectivity index is 1.49. The van der Waals surface area contributed by atoms with Gasteiger partial charge in [0.05, 0.1) is 11.3 Å². The molecular weight excluding hydrogens is 322 g/mol. The zero-order valence-corrected chi connectivity index (χ0v) is 13.7. The van der Waals surface area contributed by atoms with Crippen molar-refractivity contribution in [3.63, 3.8) is 0 Å². The van der Waals surface area contributed by atoms with Crippen molar-refractivity contribution in [2.24, 2.45) is 0 Å². The van der Waals surface area contributed by atoms with E-state index in [-0.39, 0.29) is 18.3 Å². The van der Waals surface area contributed by atoms with Gasteiger partial charge in [0, 0.05) is 30.9 Å². The van der Waals surface area contributed by atoms with Gasteiger partial charge in [-0.2, -0.15) is 0 Å². The van der Waals surface area contributed by atoms with E-state index in [1.807, 2.05) is 35.7 Å². The van der Waals surface area contributed by atoms with E-state index < -0.39 is 5.97 Å². The molecule has 128 valence electrons. The van der Waals surface area contributed by atoms with Crippen molar-refractivity contribution >= 4 is 17.5 Å². The summed E-state index contributed by atoms with van der Waals surface area (Å²) in [6.07, 6.45) is 3.23. The van der Waals surface area contributed by atoms with E-state index in [0.717, 1.165) is 17.8 Å². The van der Waals surface area contributed by atoms with Gasteiger partial charge in [0.1, 0.15) is 18.0 Å². The summed E-state index contributed by atoms with van der Waals surface area (Å²) in [7, 11) is 0. The molecule has 1 amide bonds. The lowest BCUT2D eigenvalue weighted by atomic mass is 10.2. The van der Waals surface area contributed by atoms with Crippen molar-refractivity contribution in [1.82, 2.24) is 14.7 Å². The van der Waals surface area contributed by atoms with Crippen molar-refractivity contribution in [2.75, 3.05) is 6.54 Å². The topological polar surface area (TPSA) is 85.8 Å². The standard InChI is InChI=1S/C18H17N3O4/c1-11-4-2-6-16-20-12(9-21(11)16)10-24-18(23)15-8-13-14(25-15)5-3-7-19-17(13)22/h2,4,6,8-9H,3,5,7,10H2,1H3,(H,19,22). The highest BCUT2D eigenvalue weighted by Crippen LogP contribution is 2.20. The van der Waals surface area contributed by atoms with E-state index in [2.05, 4.69) is 10.3 Å². The van der Waals surface area contributed by atoms with E-state index in [9.17, 15) is 9.59 Å². The van der Waals surface area contributed by atoms with Crippen LogP contribution in [-0.2, 0) is 17.8 Å². The fourth-order valence-electron chi connectivity index (χ4n) is 2.93. The molecule has 4 heterocycles. The number of carbonyl (C=O) groups excluding carboxylic acids is 2. The molecule has 0 aliphatic carbocycles. The minimum Gasteiger partial charge on any atom is -0.453 e. The molecule has 7 nitrogen and oxygen atoms in total. The second kappa shape index (κ2) is 6.08. The quantitative estimate of drug-likeness (QED) is 0.740. The van der Waals surface area contributed by atoms with E-state index in [1.54, 1.807) is 0 Å². The summed E-state index contributed by atoms with van der Waals surface area (Å²) in [6.45, 7) is 2.62. The summed E-state index contributed by atoms with van der Waals surface area (Å²) in [6, 6.07) is 7.24. The highest BCUT2D eigenvalue weighted by atomic mass is 16.5. The molecule has 3 aromatic rings. The van der Waals surface area contributed by atoms with E-state index in [4.69, 9.17) is 9.15 Å². The molecule has 4 rings (SSSR count). The summed E-state index contributed by atoms with van der Waals surface area (Å²) in [5.74, 6) is -0.243. The molecule has 0 aromatic carbocycles. The van der Waals surface area contributed by atoms with Crippen molar-refractivity contribution in [3.8, 4) is 0 Å². The van der Waals surface area contributed by atoms with Crippen LogP contribution in [0.25, 0.3) is 5.65 Å². The Hall–Kier alpha value is -3.09. The Labute approximate surface area is 143 Å². The molecule has 0 radical (unpaired) electrons. The fraction of sp³-hybridized carbons (Fsp3) is 0.278. The van der Waals surface area contributed by atoms with Gasteiger partial charge < -0.3 is 18.9 Å². The van der Waals surface area contributed by atoms with Gasteiger partial charge in [-0.15, -0.1) is 0 Å². The van der Waals surface area contributed by atoms with Gasteiger partial charge in [0.25, 0.3) is 5.91 Å². The van der Waals surface area contributed by atoms with Crippen LogP contribution < -0.4 is 5.32 Å². The number of rotatable bonds is 3. The number of aryl methyl sites for hydroxylation is 2. The van der Waals surface area contributed by atoms with Gasteiger partial charge in [0.2, 0.25) is 5.76 Å². The molecule has 0 saturated carbocycles. The largest absolute Gasteiger partial charge is 0.453 e. The second-order valence-corrected chi connectivity index (χ2v) is 6.01. The van der Waals surface area contributed by atoms with E-state index >= 15 is 0 Å². The predicted octanol–water partition coefficient (Wildman–Crippen LogP) is 2.27. The number of nitrogens with one attached hydrogen (secondary N) is 1. The Kier molecular flexibility index (Phi) is 3.76. The molecule has 0 saturated heterocycles. The summed E-state index contributed by atoms with van der Waals surface area (Å²) >= 11 is 0. The third-order valence-electron chi connectivity index (χ3n) is 4.22. The number of carbonyl (C=O) groups is 2. The Morgan fingerprint density at radius 1 is 1.44 bits per heavy atom. The molecule has 1 aliphatic heterocycles. The summed E-state index contributed by atoms with van der Waals surface area (Å²) in [5.41, 5.74) is 2.90. The first-order valence-corrected chi connectivity index (χ1v) is 8.13. The normalized spacial score (nSPS) is 14.0. The molecule has 1 N–H and O–H groups in total. The number of ether oxygens (including phenoxy) is 1. The van der Waals surface area contributed by atoms with Crippen LogP contribution >= 0.6 is 0 Å². The van der Waals surface area contributed by atoms with Crippen LogP contribution in [-0.4, -0.2) is 27.8 Å². The zero-order valence-electron chi connectivity index (χ0n) is 13.7. The molecule has 0 bridgehead atoms. The third-order valence-corrected chi connectivity index (χ3v) is 4.22. The van der Waals surface area contributed by atoms with Gasteiger partial charge in [-0.25, -0.2) is 9.78 Å². The highest BCUT2D eigenvalue weighted by Gasteiger charge is 2.24. The molecular formula is C18H17N3O4. The van der Waals surface area contributed by atoms with Crippen LogP contribution in [0.2, 0.25) is 0 Å². The van der Waals surface area contributed by atoms with Crippen molar-refractivity contribution < 1.29 is 18.7 Å². The smallest absolute Gasteiger partial charge is 0.374 e. The second-order valence-electron chi connectivity index (χ2n) is 6.01. The van der Waals surface area contributed by atoms with Crippen LogP contribution in [0.15, 0.2) is 34.9 Å². The maximum absolute atomic E-state index is 12.2. The fourth-order valence-corrected chi connectivity index (χ4v) is 2.93. The van der Waals surface area contributed by atoms with Crippen LogP contribution in [0.5, 0.6) is 0 Å². The van der Waals surface area contributed by atoms with Crippen LogP contribution in [0.4, 0.5) is 0 Å². The highest BCUT2D eigenvalue weighted by molar-refractivity contribution is 5.98.